The molecular formula is C26H32O6. The van der Waals surface area contributed by atoms with E-state index in [9.17, 15) is 25.2 Å². The standard InChI is InChI=1S/C26H32O6/c1-16(2)6-5-7-17(3)8-11-19-22(29)15-24(32-4)25(26(19)31)21(28)13-10-18-9-12-20(27)23(30)14-18/h6,8-9,12,14-15,27,29-31H,5,7,10-11,13H2,1-4H3. The van der Waals surface area contributed by atoms with E-state index < -0.39 is 0 Å². The van der Waals surface area contributed by atoms with Gasteiger partial charge in [-0.1, -0.05) is 29.4 Å². The van der Waals surface area contributed by atoms with Gasteiger partial charge in [0.1, 0.15) is 22.8 Å². The highest BCUT2D eigenvalue weighted by molar-refractivity contribution is 6.02. The number of carbonyl (C=O) groups is 1. The largest absolute Gasteiger partial charge is 0.507 e. The number of phenols is 4. The quantitative estimate of drug-likeness (QED) is 0.219. The lowest BCUT2D eigenvalue weighted by atomic mass is 9.96. The number of allylic oxidation sites excluding steroid dienone is 4. The molecule has 0 aromatic heterocycles. The van der Waals surface area contributed by atoms with Gasteiger partial charge in [-0.3, -0.25) is 4.79 Å². The summed E-state index contributed by atoms with van der Waals surface area (Å²) in [7, 11) is 1.37. The zero-order valence-electron chi connectivity index (χ0n) is 19.1. The molecule has 6 nitrogen and oxygen atoms in total. The summed E-state index contributed by atoms with van der Waals surface area (Å²) in [5.74, 6) is -1.15. The molecule has 172 valence electrons. The highest BCUT2D eigenvalue weighted by Crippen LogP contribution is 2.39. The highest BCUT2D eigenvalue weighted by atomic mass is 16.5. The van der Waals surface area contributed by atoms with Gasteiger partial charge in [0, 0.05) is 18.1 Å². The molecule has 0 aliphatic carbocycles. The molecule has 0 fully saturated rings. The van der Waals surface area contributed by atoms with Crippen molar-refractivity contribution in [3.8, 4) is 28.7 Å². The molecule has 0 atom stereocenters. The molecule has 2 rings (SSSR count). The minimum absolute atomic E-state index is 0.0268. The van der Waals surface area contributed by atoms with Gasteiger partial charge >= 0.3 is 0 Å². The number of hydrogen-bond acceptors (Lipinski definition) is 6. The van der Waals surface area contributed by atoms with E-state index in [1.807, 2.05) is 13.0 Å². The molecule has 0 radical (unpaired) electrons. The number of benzene rings is 2. The summed E-state index contributed by atoms with van der Waals surface area (Å²) >= 11 is 0. The van der Waals surface area contributed by atoms with E-state index in [0.29, 0.717) is 12.0 Å². The van der Waals surface area contributed by atoms with Crippen molar-refractivity contribution in [3.05, 3.63) is 64.3 Å². The summed E-state index contributed by atoms with van der Waals surface area (Å²) in [5, 5.41) is 40.3. The van der Waals surface area contributed by atoms with Crippen LogP contribution in [0.25, 0.3) is 0 Å². The zero-order valence-corrected chi connectivity index (χ0v) is 19.1. The molecule has 2 aromatic rings. The first-order valence-electron chi connectivity index (χ1n) is 10.6. The first kappa shape index (κ1) is 24.9. The highest BCUT2D eigenvalue weighted by Gasteiger charge is 2.23. The van der Waals surface area contributed by atoms with E-state index in [1.165, 1.54) is 30.9 Å². The Bertz CT molecular complexity index is 1030. The maximum Gasteiger partial charge on any atom is 0.170 e. The first-order chi connectivity index (χ1) is 15.1. The Morgan fingerprint density at radius 3 is 2.28 bits per heavy atom. The van der Waals surface area contributed by atoms with E-state index in [0.717, 1.165) is 18.4 Å². The predicted octanol–water partition coefficient (Wildman–Crippen LogP) is 5.57. The molecule has 4 N–H and O–H groups in total. The molecular weight excluding hydrogens is 408 g/mol. The second-order valence-corrected chi connectivity index (χ2v) is 8.12. The average Bonchev–Trinajstić information content (AvgIpc) is 2.73. The van der Waals surface area contributed by atoms with Gasteiger partial charge in [-0.05, 0) is 64.2 Å². The van der Waals surface area contributed by atoms with Gasteiger partial charge in [-0.2, -0.15) is 0 Å². The normalized spacial score (nSPS) is 11.3. The van der Waals surface area contributed by atoms with Crippen LogP contribution in [0.1, 0.15) is 61.5 Å². The van der Waals surface area contributed by atoms with Gasteiger partial charge in [0.05, 0.1) is 7.11 Å². The number of ketones is 1. The van der Waals surface area contributed by atoms with Crippen LogP contribution in [-0.2, 0) is 12.8 Å². The Balaban J connectivity index is 2.23. The molecule has 0 saturated carbocycles. The number of aryl methyl sites for hydroxylation is 1. The molecule has 2 aromatic carbocycles. The lowest BCUT2D eigenvalue weighted by Crippen LogP contribution is -2.06. The van der Waals surface area contributed by atoms with Crippen molar-refractivity contribution in [1.29, 1.82) is 0 Å². The SMILES string of the molecule is COc1cc(O)c(CC=C(C)CCC=C(C)C)c(O)c1C(=O)CCc1ccc(O)c(O)c1. The van der Waals surface area contributed by atoms with Gasteiger partial charge < -0.3 is 25.2 Å². The Hall–Kier alpha value is -3.41. The van der Waals surface area contributed by atoms with Gasteiger partial charge in [-0.25, -0.2) is 0 Å². The predicted molar refractivity (Wildman–Crippen MR) is 125 cm³/mol. The number of aromatic hydroxyl groups is 4. The zero-order chi connectivity index (χ0) is 23.8. The van der Waals surface area contributed by atoms with Gasteiger partial charge in [-0.15, -0.1) is 0 Å². The molecule has 0 unspecified atom stereocenters. The van der Waals surface area contributed by atoms with E-state index in [4.69, 9.17) is 4.74 Å². The number of rotatable bonds is 10. The minimum atomic E-state index is -0.350. The number of ether oxygens (including phenoxy) is 1. The first-order valence-corrected chi connectivity index (χ1v) is 10.6. The van der Waals surface area contributed by atoms with Crippen LogP contribution in [0.15, 0.2) is 47.6 Å². The summed E-state index contributed by atoms with van der Waals surface area (Å²) < 4.78 is 5.24. The van der Waals surface area contributed by atoms with Crippen molar-refractivity contribution in [1.82, 2.24) is 0 Å². The van der Waals surface area contributed by atoms with E-state index in [2.05, 4.69) is 19.9 Å². The van der Waals surface area contributed by atoms with Crippen LogP contribution in [-0.4, -0.2) is 33.3 Å². The number of methoxy groups -OCH3 is 1. The van der Waals surface area contributed by atoms with Gasteiger partial charge in [0.15, 0.2) is 17.3 Å². The molecule has 0 aliphatic heterocycles. The Labute approximate surface area is 189 Å². The fourth-order valence-corrected chi connectivity index (χ4v) is 3.38. The summed E-state index contributed by atoms with van der Waals surface area (Å²) in [4.78, 5) is 12.9. The van der Waals surface area contributed by atoms with Crippen LogP contribution in [0.2, 0.25) is 0 Å². The minimum Gasteiger partial charge on any atom is -0.507 e. The van der Waals surface area contributed by atoms with E-state index in [-0.39, 0.29) is 58.5 Å². The molecule has 0 saturated heterocycles. The summed E-state index contributed by atoms with van der Waals surface area (Å²) in [6, 6.07) is 5.72. The molecule has 0 aliphatic rings. The molecule has 0 spiro atoms. The third-order valence-corrected chi connectivity index (χ3v) is 5.27. The average molecular weight is 441 g/mol. The van der Waals surface area contributed by atoms with Crippen LogP contribution >= 0.6 is 0 Å². The van der Waals surface area contributed by atoms with Crippen LogP contribution in [0.5, 0.6) is 28.7 Å². The monoisotopic (exact) mass is 440 g/mol. The third-order valence-electron chi connectivity index (χ3n) is 5.27. The lowest BCUT2D eigenvalue weighted by molar-refractivity contribution is 0.0977. The third kappa shape index (κ3) is 6.54. The van der Waals surface area contributed by atoms with E-state index in [1.54, 1.807) is 6.07 Å². The van der Waals surface area contributed by atoms with Gasteiger partial charge in [0.2, 0.25) is 0 Å². The van der Waals surface area contributed by atoms with Crippen LogP contribution in [0, 0.1) is 0 Å². The second-order valence-electron chi connectivity index (χ2n) is 8.12. The summed E-state index contributed by atoms with van der Waals surface area (Å²) in [5.41, 5.74) is 3.35. The maximum atomic E-state index is 12.9. The Kier molecular flexibility index (Phi) is 8.76. The van der Waals surface area contributed by atoms with Crippen molar-refractivity contribution < 1.29 is 30.0 Å². The topological polar surface area (TPSA) is 107 Å². The van der Waals surface area contributed by atoms with Crippen LogP contribution < -0.4 is 4.74 Å². The molecule has 0 bridgehead atoms. The lowest BCUT2D eigenvalue weighted by Gasteiger charge is -2.15. The second kappa shape index (κ2) is 11.3. The molecule has 0 heterocycles. The maximum absolute atomic E-state index is 12.9. The Morgan fingerprint density at radius 2 is 1.66 bits per heavy atom. The molecule has 0 amide bonds. The number of carbonyl (C=O) groups excluding carboxylic acids is 1. The Morgan fingerprint density at radius 1 is 0.938 bits per heavy atom. The summed E-state index contributed by atoms with van der Waals surface area (Å²) in [6.07, 6.45) is 6.52. The molecule has 6 heteroatoms. The number of Topliss-reactive ketones (excluding diaryl/α,β-unsaturated/α-hetero) is 1. The number of hydrogen-bond donors (Lipinski definition) is 4. The van der Waals surface area contributed by atoms with Crippen molar-refractivity contribution in [3.63, 3.8) is 0 Å². The van der Waals surface area contributed by atoms with E-state index >= 15 is 0 Å². The number of phenolic OH excluding ortho intramolecular Hbond substituents is 4. The van der Waals surface area contributed by atoms with Gasteiger partial charge in [0.25, 0.3) is 0 Å². The summed E-state index contributed by atoms with van der Waals surface area (Å²) in [6.45, 7) is 6.10. The smallest absolute Gasteiger partial charge is 0.170 e. The fourth-order valence-electron chi connectivity index (χ4n) is 3.38. The van der Waals surface area contributed by atoms with Crippen molar-refractivity contribution in [2.24, 2.45) is 0 Å². The van der Waals surface area contributed by atoms with Crippen LogP contribution in [0.4, 0.5) is 0 Å². The molecule has 32 heavy (non-hydrogen) atoms. The van der Waals surface area contributed by atoms with Crippen molar-refractivity contribution in [2.45, 2.75) is 52.9 Å². The fraction of sp³-hybridized carbons (Fsp3) is 0.346. The van der Waals surface area contributed by atoms with Crippen molar-refractivity contribution >= 4 is 5.78 Å². The van der Waals surface area contributed by atoms with Crippen LogP contribution in [0.3, 0.4) is 0 Å². The van der Waals surface area contributed by atoms with Crippen molar-refractivity contribution in [2.75, 3.05) is 7.11 Å².